The van der Waals surface area contributed by atoms with E-state index < -0.39 is 12.0 Å². The SMILES string of the molecule is COC(=O)C1CCCC2C(C(=O)O)NNC12. The van der Waals surface area contributed by atoms with Gasteiger partial charge in [-0.05, 0) is 12.8 Å². The van der Waals surface area contributed by atoms with Crippen LogP contribution < -0.4 is 10.9 Å². The van der Waals surface area contributed by atoms with Crippen molar-refractivity contribution in [3.8, 4) is 0 Å². The lowest BCUT2D eigenvalue weighted by Crippen LogP contribution is -2.44. The minimum Gasteiger partial charge on any atom is -0.480 e. The molecule has 16 heavy (non-hydrogen) atoms. The average molecular weight is 228 g/mol. The Morgan fingerprint density at radius 2 is 2.06 bits per heavy atom. The maximum absolute atomic E-state index is 11.5. The third-order valence-corrected chi connectivity index (χ3v) is 3.55. The number of esters is 1. The summed E-state index contributed by atoms with van der Waals surface area (Å²) in [7, 11) is 1.36. The van der Waals surface area contributed by atoms with Gasteiger partial charge in [0.1, 0.15) is 6.04 Å². The number of carboxylic acids is 1. The van der Waals surface area contributed by atoms with Crippen molar-refractivity contribution in [2.45, 2.75) is 31.3 Å². The second-order valence-electron chi connectivity index (χ2n) is 4.35. The van der Waals surface area contributed by atoms with Crippen molar-refractivity contribution in [1.29, 1.82) is 0 Å². The van der Waals surface area contributed by atoms with Gasteiger partial charge in [0.15, 0.2) is 0 Å². The standard InChI is InChI=1S/C10H16N2O4/c1-16-10(15)6-4-2-3-5-7(6)11-12-8(5)9(13)14/h5-8,11-12H,2-4H2,1H3,(H,13,14). The zero-order valence-corrected chi connectivity index (χ0v) is 9.10. The first-order valence-electron chi connectivity index (χ1n) is 5.47. The number of hydrazine groups is 1. The van der Waals surface area contributed by atoms with Gasteiger partial charge in [0.25, 0.3) is 0 Å². The van der Waals surface area contributed by atoms with Crippen LogP contribution in [0, 0.1) is 11.8 Å². The van der Waals surface area contributed by atoms with Crippen LogP contribution >= 0.6 is 0 Å². The molecule has 1 aliphatic heterocycles. The van der Waals surface area contributed by atoms with E-state index in [0.29, 0.717) is 0 Å². The largest absolute Gasteiger partial charge is 0.480 e. The molecule has 0 radical (unpaired) electrons. The van der Waals surface area contributed by atoms with E-state index in [1.165, 1.54) is 7.11 Å². The summed E-state index contributed by atoms with van der Waals surface area (Å²) in [4.78, 5) is 22.5. The number of nitrogens with one attached hydrogen (secondary N) is 2. The monoisotopic (exact) mass is 228 g/mol. The van der Waals surface area contributed by atoms with Crippen molar-refractivity contribution in [2.24, 2.45) is 11.8 Å². The van der Waals surface area contributed by atoms with Crippen LogP contribution in [0.1, 0.15) is 19.3 Å². The van der Waals surface area contributed by atoms with Crippen molar-refractivity contribution in [2.75, 3.05) is 7.11 Å². The highest BCUT2D eigenvalue weighted by Crippen LogP contribution is 2.34. The molecule has 3 N–H and O–H groups in total. The predicted octanol–water partition coefficient (Wildman–Crippen LogP) is -0.495. The van der Waals surface area contributed by atoms with E-state index in [2.05, 4.69) is 10.9 Å². The lowest BCUT2D eigenvalue weighted by molar-refractivity contribution is -0.149. The topological polar surface area (TPSA) is 87.7 Å². The molecule has 1 saturated carbocycles. The number of methoxy groups -OCH3 is 1. The number of carbonyl (C=O) groups is 2. The van der Waals surface area contributed by atoms with Crippen LogP contribution in [0.25, 0.3) is 0 Å². The molecule has 0 spiro atoms. The van der Waals surface area contributed by atoms with Crippen molar-refractivity contribution in [3.05, 3.63) is 0 Å². The van der Waals surface area contributed by atoms with Crippen molar-refractivity contribution in [1.82, 2.24) is 10.9 Å². The molecule has 4 atom stereocenters. The number of rotatable bonds is 2. The highest BCUT2D eigenvalue weighted by molar-refractivity contribution is 5.76. The number of carbonyl (C=O) groups excluding carboxylic acids is 1. The highest BCUT2D eigenvalue weighted by atomic mass is 16.5. The Morgan fingerprint density at radius 3 is 2.69 bits per heavy atom. The minimum atomic E-state index is -0.870. The Bertz CT molecular complexity index is 307. The first-order valence-corrected chi connectivity index (χ1v) is 5.47. The van der Waals surface area contributed by atoms with Gasteiger partial charge < -0.3 is 9.84 Å². The van der Waals surface area contributed by atoms with Crippen LogP contribution in [-0.2, 0) is 14.3 Å². The lowest BCUT2D eigenvalue weighted by atomic mass is 9.75. The first kappa shape index (κ1) is 11.3. The van der Waals surface area contributed by atoms with E-state index in [1.54, 1.807) is 0 Å². The van der Waals surface area contributed by atoms with Gasteiger partial charge in [0, 0.05) is 12.0 Å². The molecule has 1 heterocycles. The third kappa shape index (κ3) is 1.78. The molecule has 0 aromatic carbocycles. The Morgan fingerprint density at radius 1 is 1.31 bits per heavy atom. The van der Waals surface area contributed by atoms with Gasteiger partial charge in [-0.3, -0.25) is 15.0 Å². The second kappa shape index (κ2) is 4.39. The van der Waals surface area contributed by atoms with Gasteiger partial charge in [-0.1, -0.05) is 6.42 Å². The molecule has 2 fully saturated rings. The quantitative estimate of drug-likeness (QED) is 0.552. The normalized spacial score (nSPS) is 37.8. The summed E-state index contributed by atoms with van der Waals surface area (Å²) in [6.45, 7) is 0. The predicted molar refractivity (Wildman–Crippen MR) is 54.3 cm³/mol. The molecule has 0 amide bonds. The van der Waals surface area contributed by atoms with E-state index in [9.17, 15) is 9.59 Å². The lowest BCUT2D eigenvalue weighted by Gasteiger charge is -2.31. The molecule has 6 heteroatoms. The Hall–Kier alpha value is -1.14. The number of hydrogen-bond acceptors (Lipinski definition) is 5. The van der Waals surface area contributed by atoms with E-state index in [4.69, 9.17) is 9.84 Å². The van der Waals surface area contributed by atoms with E-state index in [1.807, 2.05) is 0 Å². The van der Waals surface area contributed by atoms with Crippen LogP contribution in [0.5, 0.6) is 0 Å². The first-order chi connectivity index (χ1) is 7.65. The van der Waals surface area contributed by atoms with E-state index in [-0.39, 0.29) is 23.8 Å². The molecular weight excluding hydrogens is 212 g/mol. The number of aliphatic carboxylic acids is 1. The van der Waals surface area contributed by atoms with Gasteiger partial charge in [0.2, 0.25) is 0 Å². The Balaban J connectivity index is 2.12. The maximum Gasteiger partial charge on any atom is 0.322 e. The second-order valence-corrected chi connectivity index (χ2v) is 4.35. The van der Waals surface area contributed by atoms with Crippen LogP contribution in [0.2, 0.25) is 0 Å². The zero-order chi connectivity index (χ0) is 11.7. The van der Waals surface area contributed by atoms with Crippen LogP contribution in [0.3, 0.4) is 0 Å². The number of hydrogen-bond donors (Lipinski definition) is 3. The fourth-order valence-corrected chi connectivity index (χ4v) is 2.77. The summed E-state index contributed by atoms with van der Waals surface area (Å²) in [6, 6.07) is -0.722. The summed E-state index contributed by atoms with van der Waals surface area (Å²) in [5, 5.41) is 9.02. The Labute approximate surface area is 93.3 Å². The van der Waals surface area contributed by atoms with E-state index >= 15 is 0 Å². The number of ether oxygens (including phenoxy) is 1. The molecule has 1 aliphatic carbocycles. The summed E-state index contributed by atoms with van der Waals surface area (Å²) in [6.07, 6.45) is 2.46. The van der Waals surface area contributed by atoms with Crippen molar-refractivity contribution >= 4 is 11.9 Å². The molecule has 0 aromatic heterocycles. The molecule has 0 bridgehead atoms. The van der Waals surface area contributed by atoms with Crippen LogP contribution in [-0.4, -0.2) is 36.2 Å². The summed E-state index contributed by atoms with van der Waals surface area (Å²) < 4.78 is 4.74. The van der Waals surface area contributed by atoms with Gasteiger partial charge >= 0.3 is 11.9 Å². The summed E-state index contributed by atoms with van der Waals surface area (Å²) in [5.74, 6) is -1.39. The van der Waals surface area contributed by atoms with Crippen LogP contribution in [0.4, 0.5) is 0 Å². The van der Waals surface area contributed by atoms with Crippen molar-refractivity contribution < 1.29 is 19.4 Å². The smallest absolute Gasteiger partial charge is 0.322 e. The summed E-state index contributed by atoms with van der Waals surface area (Å²) in [5.41, 5.74) is 5.67. The highest BCUT2D eigenvalue weighted by Gasteiger charge is 2.47. The fraction of sp³-hybridized carbons (Fsp3) is 0.800. The third-order valence-electron chi connectivity index (χ3n) is 3.55. The molecule has 90 valence electrons. The van der Waals surface area contributed by atoms with Gasteiger partial charge in [0.05, 0.1) is 13.0 Å². The maximum atomic E-state index is 11.5. The molecule has 4 unspecified atom stereocenters. The zero-order valence-electron chi connectivity index (χ0n) is 9.10. The number of carboxylic acid groups (broad SMARTS) is 1. The minimum absolute atomic E-state index is 0.0321. The van der Waals surface area contributed by atoms with Crippen molar-refractivity contribution in [3.63, 3.8) is 0 Å². The summed E-state index contributed by atoms with van der Waals surface area (Å²) >= 11 is 0. The van der Waals surface area contributed by atoms with Crippen LogP contribution in [0.15, 0.2) is 0 Å². The number of fused-ring (bicyclic) bond motifs is 1. The van der Waals surface area contributed by atoms with Gasteiger partial charge in [-0.2, -0.15) is 0 Å². The molecule has 0 aromatic rings. The molecule has 2 aliphatic rings. The van der Waals surface area contributed by atoms with Gasteiger partial charge in [-0.15, -0.1) is 0 Å². The Kier molecular flexibility index (Phi) is 3.11. The molecule has 1 saturated heterocycles. The van der Waals surface area contributed by atoms with Gasteiger partial charge in [-0.25, -0.2) is 5.43 Å². The molecular formula is C10H16N2O4. The van der Waals surface area contributed by atoms with E-state index in [0.717, 1.165) is 19.3 Å². The molecule has 6 nitrogen and oxygen atoms in total. The fourth-order valence-electron chi connectivity index (χ4n) is 2.77. The average Bonchev–Trinajstić information content (AvgIpc) is 2.71. The molecule has 2 rings (SSSR count).